The van der Waals surface area contributed by atoms with Crippen molar-refractivity contribution in [3.8, 4) is 5.75 Å². The minimum Gasteiger partial charge on any atom is -0.491 e. The second kappa shape index (κ2) is 6.12. The van der Waals surface area contributed by atoms with Gasteiger partial charge in [-0.05, 0) is 56.3 Å². The summed E-state index contributed by atoms with van der Waals surface area (Å²) < 4.78 is 18.9. The number of rotatable bonds is 4. The number of benzene rings is 2. The van der Waals surface area contributed by atoms with Crippen LogP contribution in [0.2, 0.25) is 0 Å². The summed E-state index contributed by atoms with van der Waals surface area (Å²) in [4.78, 5) is 15.3. The Labute approximate surface area is 133 Å². The van der Waals surface area contributed by atoms with Crippen molar-refractivity contribution >= 4 is 22.5 Å². The van der Waals surface area contributed by atoms with Crippen LogP contribution in [0.4, 0.5) is 10.1 Å². The maximum atomic E-state index is 13.4. The van der Waals surface area contributed by atoms with Crippen molar-refractivity contribution < 1.29 is 13.9 Å². The largest absolute Gasteiger partial charge is 0.491 e. The van der Waals surface area contributed by atoms with Gasteiger partial charge < -0.3 is 15.0 Å². The van der Waals surface area contributed by atoms with Crippen LogP contribution in [0.3, 0.4) is 0 Å². The summed E-state index contributed by atoms with van der Waals surface area (Å²) in [5, 5.41) is 3.36. The lowest BCUT2D eigenvalue weighted by Crippen LogP contribution is -2.11. The van der Waals surface area contributed by atoms with Crippen LogP contribution in [0, 0.1) is 5.82 Å². The quantitative estimate of drug-likeness (QED) is 0.752. The molecule has 118 valence electrons. The molecule has 1 heterocycles. The van der Waals surface area contributed by atoms with E-state index in [2.05, 4.69) is 10.3 Å². The fourth-order valence-electron chi connectivity index (χ4n) is 2.37. The van der Waals surface area contributed by atoms with Crippen LogP contribution < -0.4 is 10.1 Å². The van der Waals surface area contributed by atoms with Crippen LogP contribution >= 0.6 is 0 Å². The summed E-state index contributed by atoms with van der Waals surface area (Å²) in [5.74, 6) is 0.0767. The van der Waals surface area contributed by atoms with Gasteiger partial charge in [-0.25, -0.2) is 4.39 Å². The second-order valence-corrected chi connectivity index (χ2v) is 5.54. The van der Waals surface area contributed by atoms with Gasteiger partial charge in [-0.15, -0.1) is 0 Å². The lowest BCUT2D eigenvalue weighted by Gasteiger charge is -2.10. The number of amides is 1. The Bertz CT molecular complexity index is 838. The molecule has 0 radical (unpaired) electrons. The van der Waals surface area contributed by atoms with Crippen molar-refractivity contribution in [1.82, 2.24) is 4.98 Å². The lowest BCUT2D eigenvalue weighted by molar-refractivity contribution is 0.102. The summed E-state index contributed by atoms with van der Waals surface area (Å²) >= 11 is 0. The van der Waals surface area contributed by atoms with Gasteiger partial charge in [0.05, 0.1) is 11.7 Å². The molecule has 0 aliphatic carbocycles. The van der Waals surface area contributed by atoms with Gasteiger partial charge in [0.1, 0.15) is 11.6 Å². The van der Waals surface area contributed by atoms with E-state index in [0.717, 1.165) is 11.3 Å². The van der Waals surface area contributed by atoms with Crippen molar-refractivity contribution in [3.05, 3.63) is 60.0 Å². The molecule has 5 heteroatoms. The van der Waals surface area contributed by atoms with E-state index in [4.69, 9.17) is 4.74 Å². The topological polar surface area (TPSA) is 54.1 Å². The zero-order chi connectivity index (χ0) is 16.4. The Morgan fingerprint density at radius 2 is 1.91 bits per heavy atom. The number of carbonyl (C=O) groups is 1. The van der Waals surface area contributed by atoms with Crippen LogP contribution in [0.25, 0.3) is 10.9 Å². The molecule has 0 fully saturated rings. The molecule has 2 N–H and O–H groups in total. The summed E-state index contributed by atoms with van der Waals surface area (Å²) in [6.07, 6.45) is 1.67. The molecule has 0 atom stereocenters. The third-order valence-electron chi connectivity index (χ3n) is 3.37. The summed E-state index contributed by atoms with van der Waals surface area (Å²) in [7, 11) is 0. The Kier molecular flexibility index (Phi) is 4.02. The number of aromatic amines is 1. The molecule has 1 aromatic heterocycles. The summed E-state index contributed by atoms with van der Waals surface area (Å²) in [5.41, 5.74) is 1.77. The summed E-state index contributed by atoms with van der Waals surface area (Å²) in [6.45, 7) is 3.90. The number of H-pyrrole nitrogens is 1. The Hall–Kier alpha value is -2.82. The minimum atomic E-state index is -0.374. The highest BCUT2D eigenvalue weighted by molar-refractivity contribution is 6.12. The average Bonchev–Trinajstić information content (AvgIpc) is 2.91. The lowest BCUT2D eigenvalue weighted by atomic mass is 10.1. The highest BCUT2D eigenvalue weighted by Gasteiger charge is 2.13. The van der Waals surface area contributed by atoms with Crippen LogP contribution in [-0.2, 0) is 0 Å². The monoisotopic (exact) mass is 312 g/mol. The van der Waals surface area contributed by atoms with Gasteiger partial charge in [-0.1, -0.05) is 0 Å². The maximum absolute atomic E-state index is 13.4. The number of ether oxygens (including phenoxy) is 1. The molecule has 0 bridgehead atoms. The Morgan fingerprint density at radius 3 is 2.61 bits per heavy atom. The zero-order valence-corrected chi connectivity index (χ0v) is 12.9. The van der Waals surface area contributed by atoms with Gasteiger partial charge in [-0.3, -0.25) is 4.79 Å². The maximum Gasteiger partial charge on any atom is 0.257 e. The number of hydrogen-bond acceptors (Lipinski definition) is 2. The Morgan fingerprint density at radius 1 is 1.17 bits per heavy atom. The van der Waals surface area contributed by atoms with E-state index in [1.54, 1.807) is 36.5 Å². The van der Waals surface area contributed by atoms with Crippen molar-refractivity contribution in [3.63, 3.8) is 0 Å². The van der Waals surface area contributed by atoms with Crippen molar-refractivity contribution in [2.45, 2.75) is 20.0 Å². The van der Waals surface area contributed by atoms with Crippen LogP contribution in [0.5, 0.6) is 5.75 Å². The molecular weight excluding hydrogens is 295 g/mol. The predicted molar refractivity (Wildman–Crippen MR) is 88.4 cm³/mol. The second-order valence-electron chi connectivity index (χ2n) is 5.54. The number of halogens is 1. The van der Waals surface area contributed by atoms with Crippen molar-refractivity contribution in [2.24, 2.45) is 0 Å². The number of hydrogen-bond donors (Lipinski definition) is 2. The zero-order valence-electron chi connectivity index (χ0n) is 12.9. The van der Waals surface area contributed by atoms with Crippen LogP contribution in [0.1, 0.15) is 24.2 Å². The molecular formula is C18H17FN2O2. The molecule has 0 aliphatic rings. The van der Waals surface area contributed by atoms with Crippen molar-refractivity contribution in [1.29, 1.82) is 0 Å². The molecule has 0 saturated heterocycles. The summed E-state index contributed by atoms with van der Waals surface area (Å²) in [6, 6.07) is 11.4. The molecule has 0 saturated carbocycles. The minimum absolute atomic E-state index is 0.0940. The fraction of sp³-hybridized carbons (Fsp3) is 0.167. The average molecular weight is 312 g/mol. The SMILES string of the molecule is CC(C)Oc1ccc(NC(=O)c2c[nH]c3ccc(F)cc23)cc1. The van der Waals surface area contributed by atoms with Gasteiger partial charge in [-0.2, -0.15) is 0 Å². The van der Waals surface area contributed by atoms with E-state index < -0.39 is 0 Å². The molecule has 0 spiro atoms. The van der Waals surface area contributed by atoms with Gasteiger partial charge in [0.2, 0.25) is 0 Å². The van der Waals surface area contributed by atoms with Crippen molar-refractivity contribution in [2.75, 3.05) is 5.32 Å². The normalized spacial score (nSPS) is 11.0. The van der Waals surface area contributed by atoms with E-state index in [0.29, 0.717) is 16.6 Å². The van der Waals surface area contributed by atoms with E-state index in [1.165, 1.54) is 12.1 Å². The molecule has 4 nitrogen and oxygen atoms in total. The standard InChI is InChI=1S/C18H17FN2O2/c1-11(2)23-14-6-4-13(5-7-14)21-18(22)16-10-20-17-8-3-12(19)9-15(16)17/h3-11,20H,1-2H3,(H,21,22). The molecule has 3 rings (SSSR count). The molecule has 3 aromatic rings. The Balaban J connectivity index is 1.79. The highest BCUT2D eigenvalue weighted by Crippen LogP contribution is 2.22. The van der Waals surface area contributed by atoms with E-state index >= 15 is 0 Å². The fourth-order valence-corrected chi connectivity index (χ4v) is 2.37. The first-order valence-electron chi connectivity index (χ1n) is 7.37. The third kappa shape index (κ3) is 3.34. The first-order valence-corrected chi connectivity index (χ1v) is 7.37. The number of nitrogens with one attached hydrogen (secondary N) is 2. The van der Waals surface area contributed by atoms with E-state index in [9.17, 15) is 9.18 Å². The third-order valence-corrected chi connectivity index (χ3v) is 3.37. The number of aromatic nitrogens is 1. The van der Waals surface area contributed by atoms with Gasteiger partial charge >= 0.3 is 0 Å². The van der Waals surface area contributed by atoms with Crippen LogP contribution in [-0.4, -0.2) is 17.0 Å². The number of anilines is 1. The first-order chi connectivity index (χ1) is 11.0. The smallest absolute Gasteiger partial charge is 0.257 e. The molecule has 1 amide bonds. The van der Waals surface area contributed by atoms with E-state index in [1.807, 2.05) is 13.8 Å². The van der Waals surface area contributed by atoms with Gasteiger partial charge in [0, 0.05) is 22.8 Å². The number of fused-ring (bicyclic) bond motifs is 1. The van der Waals surface area contributed by atoms with Gasteiger partial charge in [0.15, 0.2) is 0 Å². The molecule has 2 aromatic carbocycles. The molecule has 0 unspecified atom stereocenters. The van der Waals surface area contributed by atoms with Crippen LogP contribution in [0.15, 0.2) is 48.7 Å². The van der Waals surface area contributed by atoms with E-state index in [-0.39, 0.29) is 17.8 Å². The number of carbonyl (C=O) groups excluding carboxylic acids is 1. The molecule has 23 heavy (non-hydrogen) atoms. The molecule has 0 aliphatic heterocycles. The van der Waals surface area contributed by atoms with Gasteiger partial charge in [0.25, 0.3) is 5.91 Å². The predicted octanol–water partition coefficient (Wildman–Crippen LogP) is 4.35. The first kappa shape index (κ1) is 15.1. The highest BCUT2D eigenvalue weighted by atomic mass is 19.1.